The van der Waals surface area contributed by atoms with E-state index in [0.29, 0.717) is 18.7 Å². The van der Waals surface area contributed by atoms with Gasteiger partial charge in [-0.3, -0.25) is 4.79 Å². The van der Waals surface area contributed by atoms with Crippen molar-refractivity contribution in [3.8, 4) is 0 Å². The Kier molecular flexibility index (Phi) is 4.67. The first kappa shape index (κ1) is 16.7. The highest BCUT2D eigenvalue weighted by atomic mass is 16.5. The van der Waals surface area contributed by atoms with Gasteiger partial charge in [0.25, 0.3) is 5.91 Å². The minimum atomic E-state index is 0.0107. The summed E-state index contributed by atoms with van der Waals surface area (Å²) < 4.78 is 7.25. The molecule has 0 bridgehead atoms. The number of hydrogen-bond acceptors (Lipinski definition) is 4. The van der Waals surface area contributed by atoms with E-state index in [1.807, 2.05) is 33.7 Å². The number of likely N-dealkylation sites (tertiary alicyclic amines) is 1. The standard InChI is InChI=1S/C20H22N4O2/c1-26-13-17-8-5-9-24(17)20(25)16-10-18-19(21-11-16)23(14-22-18)12-15-6-3-2-4-7-15/h2-4,6-7,10-11,14,17H,5,8-9,12-13H2,1H3/t17-/m0/s1. The fraction of sp³-hybridized carbons (Fsp3) is 0.350. The number of amides is 1. The second-order valence-corrected chi connectivity index (χ2v) is 6.67. The summed E-state index contributed by atoms with van der Waals surface area (Å²) in [5.74, 6) is 0.0107. The van der Waals surface area contributed by atoms with Gasteiger partial charge in [-0.25, -0.2) is 9.97 Å². The van der Waals surface area contributed by atoms with Crippen LogP contribution >= 0.6 is 0 Å². The van der Waals surface area contributed by atoms with Crippen LogP contribution in [0.25, 0.3) is 11.2 Å². The minimum absolute atomic E-state index is 0.0107. The van der Waals surface area contributed by atoms with Gasteiger partial charge in [-0.15, -0.1) is 0 Å². The number of hydrogen-bond donors (Lipinski definition) is 0. The summed E-state index contributed by atoms with van der Waals surface area (Å²) in [4.78, 5) is 23.7. The first-order valence-electron chi connectivity index (χ1n) is 8.91. The molecule has 0 saturated carbocycles. The quantitative estimate of drug-likeness (QED) is 0.710. The lowest BCUT2D eigenvalue weighted by Gasteiger charge is -2.24. The Hall–Kier alpha value is -2.73. The Morgan fingerprint density at radius 3 is 2.92 bits per heavy atom. The number of ether oxygens (including phenoxy) is 1. The fourth-order valence-electron chi connectivity index (χ4n) is 3.60. The number of benzene rings is 1. The molecule has 0 N–H and O–H groups in total. The molecule has 0 radical (unpaired) electrons. The molecule has 1 aliphatic heterocycles. The van der Waals surface area contributed by atoms with Crippen molar-refractivity contribution in [2.45, 2.75) is 25.4 Å². The molecule has 6 nitrogen and oxygen atoms in total. The topological polar surface area (TPSA) is 60.2 Å². The number of carbonyl (C=O) groups is 1. The number of fused-ring (bicyclic) bond motifs is 1. The lowest BCUT2D eigenvalue weighted by molar-refractivity contribution is 0.0630. The van der Waals surface area contributed by atoms with E-state index in [9.17, 15) is 4.79 Å². The van der Waals surface area contributed by atoms with E-state index in [-0.39, 0.29) is 11.9 Å². The van der Waals surface area contributed by atoms with E-state index >= 15 is 0 Å². The maximum Gasteiger partial charge on any atom is 0.255 e. The Balaban J connectivity index is 1.57. The molecule has 0 unspecified atom stereocenters. The summed E-state index contributed by atoms with van der Waals surface area (Å²) in [7, 11) is 1.67. The lowest BCUT2D eigenvalue weighted by atomic mass is 10.2. The maximum atomic E-state index is 12.9. The fourth-order valence-corrected chi connectivity index (χ4v) is 3.60. The van der Waals surface area contributed by atoms with Crippen molar-refractivity contribution < 1.29 is 9.53 Å². The summed E-state index contributed by atoms with van der Waals surface area (Å²) in [5.41, 5.74) is 3.31. The smallest absolute Gasteiger partial charge is 0.255 e. The molecule has 1 saturated heterocycles. The van der Waals surface area contributed by atoms with Crippen molar-refractivity contribution in [1.82, 2.24) is 19.4 Å². The number of carbonyl (C=O) groups excluding carboxylic acids is 1. The monoisotopic (exact) mass is 350 g/mol. The zero-order valence-corrected chi connectivity index (χ0v) is 14.8. The lowest BCUT2D eigenvalue weighted by Crippen LogP contribution is -2.38. The zero-order valence-electron chi connectivity index (χ0n) is 14.8. The van der Waals surface area contributed by atoms with Crippen molar-refractivity contribution in [3.05, 3.63) is 60.0 Å². The molecule has 1 aliphatic rings. The third-order valence-electron chi connectivity index (χ3n) is 4.90. The van der Waals surface area contributed by atoms with Crippen molar-refractivity contribution in [3.63, 3.8) is 0 Å². The van der Waals surface area contributed by atoms with E-state index in [1.165, 1.54) is 5.56 Å². The second-order valence-electron chi connectivity index (χ2n) is 6.67. The van der Waals surface area contributed by atoms with Crippen molar-refractivity contribution >= 4 is 17.1 Å². The molecular formula is C20H22N4O2. The largest absolute Gasteiger partial charge is 0.383 e. The van der Waals surface area contributed by atoms with E-state index in [0.717, 1.165) is 30.6 Å². The summed E-state index contributed by atoms with van der Waals surface area (Å²) in [6, 6.07) is 12.2. The SMILES string of the molecule is COC[C@@H]1CCCN1C(=O)c1cnc2c(c1)ncn2Cc1ccccc1. The van der Waals surface area contributed by atoms with Crippen molar-refractivity contribution in [1.29, 1.82) is 0 Å². The zero-order chi connectivity index (χ0) is 17.9. The molecular weight excluding hydrogens is 328 g/mol. The molecule has 1 amide bonds. The van der Waals surface area contributed by atoms with Crippen LogP contribution in [0.1, 0.15) is 28.8 Å². The molecule has 1 atom stereocenters. The summed E-state index contributed by atoms with van der Waals surface area (Å²) in [5, 5.41) is 0. The number of nitrogens with zero attached hydrogens (tertiary/aromatic N) is 4. The van der Waals surface area contributed by atoms with Crippen LogP contribution in [0.4, 0.5) is 0 Å². The second kappa shape index (κ2) is 7.25. The molecule has 134 valence electrons. The molecule has 3 aromatic rings. The average molecular weight is 350 g/mol. The Bertz CT molecular complexity index is 907. The third-order valence-corrected chi connectivity index (χ3v) is 4.90. The molecule has 1 fully saturated rings. The van der Waals surface area contributed by atoms with Crippen LogP contribution < -0.4 is 0 Å². The van der Waals surface area contributed by atoms with Gasteiger partial charge >= 0.3 is 0 Å². The third kappa shape index (κ3) is 3.20. The minimum Gasteiger partial charge on any atom is -0.383 e. The van der Waals surface area contributed by atoms with Gasteiger partial charge in [-0.05, 0) is 24.5 Å². The van der Waals surface area contributed by atoms with Crippen molar-refractivity contribution in [2.75, 3.05) is 20.3 Å². The Morgan fingerprint density at radius 1 is 1.27 bits per heavy atom. The molecule has 0 spiro atoms. The summed E-state index contributed by atoms with van der Waals surface area (Å²) in [6.45, 7) is 2.06. The van der Waals surface area contributed by atoms with Gasteiger partial charge in [-0.2, -0.15) is 0 Å². The summed E-state index contributed by atoms with van der Waals surface area (Å²) in [6.07, 6.45) is 5.45. The first-order valence-corrected chi connectivity index (χ1v) is 8.91. The molecule has 4 rings (SSSR count). The number of methoxy groups -OCH3 is 1. The molecule has 0 aliphatic carbocycles. The van der Waals surface area contributed by atoms with E-state index in [4.69, 9.17) is 4.74 Å². The van der Waals surface area contributed by atoms with Gasteiger partial charge in [0.1, 0.15) is 5.52 Å². The summed E-state index contributed by atoms with van der Waals surface area (Å²) >= 11 is 0. The van der Waals surface area contributed by atoms with E-state index < -0.39 is 0 Å². The molecule has 2 aromatic heterocycles. The number of aromatic nitrogens is 3. The van der Waals surface area contributed by atoms with Crippen molar-refractivity contribution in [2.24, 2.45) is 0 Å². The normalized spacial score (nSPS) is 17.1. The molecule has 26 heavy (non-hydrogen) atoms. The number of imidazole rings is 1. The van der Waals surface area contributed by atoms with Gasteiger partial charge in [-0.1, -0.05) is 30.3 Å². The number of rotatable bonds is 5. The van der Waals surface area contributed by atoms with Crippen LogP contribution in [0, 0.1) is 0 Å². The highest BCUT2D eigenvalue weighted by Crippen LogP contribution is 2.22. The van der Waals surface area contributed by atoms with Gasteiger partial charge in [0, 0.05) is 19.9 Å². The van der Waals surface area contributed by atoms with E-state index in [1.54, 1.807) is 19.6 Å². The molecule has 6 heteroatoms. The number of pyridine rings is 1. The van der Waals surface area contributed by atoms with Gasteiger partial charge in [0.2, 0.25) is 0 Å². The Morgan fingerprint density at radius 2 is 2.12 bits per heavy atom. The van der Waals surface area contributed by atoms with Crippen LogP contribution in [-0.2, 0) is 11.3 Å². The first-order chi connectivity index (χ1) is 12.8. The highest BCUT2D eigenvalue weighted by Gasteiger charge is 2.29. The molecule has 3 heterocycles. The van der Waals surface area contributed by atoms with E-state index in [2.05, 4.69) is 22.1 Å². The predicted octanol–water partition coefficient (Wildman–Crippen LogP) is 2.73. The predicted molar refractivity (Wildman–Crippen MR) is 99.0 cm³/mol. The van der Waals surface area contributed by atoms with Crippen LogP contribution in [0.15, 0.2) is 48.9 Å². The van der Waals surface area contributed by atoms with Crippen LogP contribution in [-0.4, -0.2) is 51.6 Å². The highest BCUT2D eigenvalue weighted by molar-refractivity contribution is 5.96. The van der Waals surface area contributed by atoms with Crippen LogP contribution in [0.2, 0.25) is 0 Å². The van der Waals surface area contributed by atoms with Crippen LogP contribution in [0.5, 0.6) is 0 Å². The van der Waals surface area contributed by atoms with Gasteiger partial charge in [0.05, 0.1) is 31.1 Å². The average Bonchev–Trinajstić information content (AvgIpc) is 3.29. The van der Waals surface area contributed by atoms with Crippen LogP contribution in [0.3, 0.4) is 0 Å². The Labute approximate surface area is 152 Å². The van der Waals surface area contributed by atoms with Gasteiger partial charge in [0.15, 0.2) is 5.65 Å². The van der Waals surface area contributed by atoms with Gasteiger partial charge < -0.3 is 14.2 Å². The maximum absolute atomic E-state index is 12.9. The molecule has 1 aromatic carbocycles.